The number of ether oxygens (including phenoxy) is 2. The third-order valence-corrected chi connectivity index (χ3v) is 5.46. The van der Waals surface area contributed by atoms with E-state index < -0.39 is 0 Å². The van der Waals surface area contributed by atoms with Crippen molar-refractivity contribution in [3.63, 3.8) is 0 Å². The fourth-order valence-electron chi connectivity index (χ4n) is 3.84. The minimum Gasteiger partial charge on any atom is -0.493 e. The van der Waals surface area contributed by atoms with Crippen molar-refractivity contribution < 1.29 is 14.3 Å². The average Bonchev–Trinajstić information content (AvgIpc) is 3.16. The van der Waals surface area contributed by atoms with Gasteiger partial charge >= 0.3 is 0 Å². The van der Waals surface area contributed by atoms with Crippen LogP contribution in [0.15, 0.2) is 42.5 Å². The molecule has 138 valence electrons. The van der Waals surface area contributed by atoms with Crippen LogP contribution in [0.25, 0.3) is 0 Å². The van der Waals surface area contributed by atoms with Crippen LogP contribution in [0.4, 0.5) is 0 Å². The van der Waals surface area contributed by atoms with Gasteiger partial charge in [-0.05, 0) is 49.6 Å². The Hall–Kier alpha value is -2.49. The summed E-state index contributed by atoms with van der Waals surface area (Å²) in [4.78, 5) is 12.6. The Kier molecular flexibility index (Phi) is 5.50. The molecule has 0 saturated heterocycles. The van der Waals surface area contributed by atoms with E-state index >= 15 is 0 Å². The maximum atomic E-state index is 12.6. The summed E-state index contributed by atoms with van der Waals surface area (Å²) in [6.45, 7) is 2.65. The fraction of sp³-hybridized carbons (Fsp3) is 0.409. The summed E-state index contributed by atoms with van der Waals surface area (Å²) in [6, 6.07) is 13.8. The van der Waals surface area contributed by atoms with Gasteiger partial charge < -0.3 is 14.8 Å². The summed E-state index contributed by atoms with van der Waals surface area (Å²) < 4.78 is 10.8. The summed E-state index contributed by atoms with van der Waals surface area (Å²) in [5.74, 6) is 1.45. The number of rotatable bonds is 6. The minimum atomic E-state index is -0.0418. The van der Waals surface area contributed by atoms with Crippen molar-refractivity contribution in [1.29, 1.82) is 0 Å². The van der Waals surface area contributed by atoms with Crippen LogP contribution in [0.3, 0.4) is 0 Å². The number of carbonyl (C=O) groups is 1. The Morgan fingerprint density at radius 3 is 2.27 bits per heavy atom. The molecule has 0 aliphatic heterocycles. The predicted molar refractivity (Wildman–Crippen MR) is 103 cm³/mol. The molecule has 0 bridgehead atoms. The van der Waals surface area contributed by atoms with E-state index in [4.69, 9.17) is 9.47 Å². The molecule has 1 aliphatic carbocycles. The molecule has 0 spiro atoms. The molecule has 1 fully saturated rings. The van der Waals surface area contributed by atoms with Crippen LogP contribution in [0.2, 0.25) is 0 Å². The highest BCUT2D eigenvalue weighted by Crippen LogP contribution is 2.43. The molecular weight excluding hydrogens is 326 g/mol. The van der Waals surface area contributed by atoms with Gasteiger partial charge in [0.05, 0.1) is 14.2 Å². The highest BCUT2D eigenvalue weighted by molar-refractivity contribution is 5.94. The van der Waals surface area contributed by atoms with Crippen molar-refractivity contribution in [2.24, 2.45) is 0 Å². The lowest BCUT2D eigenvalue weighted by atomic mass is 9.78. The topological polar surface area (TPSA) is 47.6 Å². The number of benzene rings is 2. The molecule has 4 heteroatoms. The third kappa shape index (κ3) is 3.69. The zero-order valence-corrected chi connectivity index (χ0v) is 15.8. The molecule has 0 aromatic heterocycles. The highest BCUT2D eigenvalue weighted by atomic mass is 16.5. The van der Waals surface area contributed by atoms with E-state index in [1.807, 2.05) is 37.3 Å². The van der Waals surface area contributed by atoms with Gasteiger partial charge in [-0.15, -0.1) is 0 Å². The quantitative estimate of drug-likeness (QED) is 0.844. The molecule has 3 rings (SSSR count). The van der Waals surface area contributed by atoms with Crippen molar-refractivity contribution in [2.75, 3.05) is 20.8 Å². The van der Waals surface area contributed by atoms with E-state index in [9.17, 15) is 4.79 Å². The normalized spacial score (nSPS) is 15.5. The molecule has 0 atom stereocenters. The molecule has 1 aliphatic rings. The molecule has 1 N–H and O–H groups in total. The molecular formula is C22H27NO3. The summed E-state index contributed by atoms with van der Waals surface area (Å²) in [7, 11) is 3.30. The Bertz CT molecular complexity index is 761. The molecule has 0 unspecified atom stereocenters. The number of methoxy groups -OCH3 is 2. The first kappa shape index (κ1) is 18.3. The maximum absolute atomic E-state index is 12.6. The van der Waals surface area contributed by atoms with Crippen molar-refractivity contribution in [2.45, 2.75) is 38.0 Å². The van der Waals surface area contributed by atoms with Crippen LogP contribution in [0, 0.1) is 6.92 Å². The predicted octanol–water partition coefficient (Wildman–Crippen LogP) is 4.25. The monoisotopic (exact) mass is 353 g/mol. The van der Waals surface area contributed by atoms with Crippen molar-refractivity contribution >= 4 is 5.91 Å². The van der Waals surface area contributed by atoms with Gasteiger partial charge in [-0.2, -0.15) is 0 Å². The SMILES string of the molecule is COc1ccc(C2(CNC(=O)c3ccc(C)cc3)CCCC2)cc1OC. The first-order valence-electron chi connectivity index (χ1n) is 9.15. The third-order valence-electron chi connectivity index (χ3n) is 5.46. The first-order valence-corrected chi connectivity index (χ1v) is 9.15. The van der Waals surface area contributed by atoms with Crippen LogP contribution >= 0.6 is 0 Å². The smallest absolute Gasteiger partial charge is 0.251 e. The molecule has 2 aromatic carbocycles. The fourth-order valence-corrected chi connectivity index (χ4v) is 3.84. The van der Waals surface area contributed by atoms with Gasteiger partial charge in [0, 0.05) is 17.5 Å². The molecule has 0 radical (unpaired) electrons. The highest BCUT2D eigenvalue weighted by Gasteiger charge is 2.36. The zero-order valence-electron chi connectivity index (χ0n) is 15.8. The van der Waals surface area contributed by atoms with Gasteiger partial charge in [-0.25, -0.2) is 0 Å². The Balaban J connectivity index is 1.80. The first-order chi connectivity index (χ1) is 12.6. The summed E-state index contributed by atoms with van der Waals surface area (Å²) >= 11 is 0. The summed E-state index contributed by atoms with van der Waals surface area (Å²) in [5.41, 5.74) is 3.02. The van der Waals surface area contributed by atoms with Gasteiger partial charge in [-0.3, -0.25) is 4.79 Å². The van der Waals surface area contributed by atoms with Crippen LogP contribution in [-0.2, 0) is 5.41 Å². The molecule has 0 heterocycles. The van der Waals surface area contributed by atoms with E-state index in [0.717, 1.165) is 29.9 Å². The Morgan fingerprint density at radius 1 is 1.00 bits per heavy atom. The molecule has 1 amide bonds. The largest absolute Gasteiger partial charge is 0.493 e. The number of aryl methyl sites for hydroxylation is 1. The zero-order chi connectivity index (χ0) is 18.6. The average molecular weight is 353 g/mol. The number of hydrogen-bond acceptors (Lipinski definition) is 3. The van der Waals surface area contributed by atoms with Gasteiger partial charge in [0.1, 0.15) is 0 Å². The van der Waals surface area contributed by atoms with Gasteiger partial charge in [-0.1, -0.05) is 36.6 Å². The van der Waals surface area contributed by atoms with E-state index in [2.05, 4.69) is 17.4 Å². The Labute approximate surface area is 155 Å². The second-order valence-corrected chi connectivity index (χ2v) is 7.11. The summed E-state index contributed by atoms with van der Waals surface area (Å²) in [6.07, 6.45) is 4.48. The molecule has 2 aromatic rings. The Morgan fingerprint density at radius 2 is 1.65 bits per heavy atom. The van der Waals surface area contributed by atoms with Crippen LogP contribution < -0.4 is 14.8 Å². The van der Waals surface area contributed by atoms with Crippen molar-refractivity contribution in [3.8, 4) is 11.5 Å². The van der Waals surface area contributed by atoms with Gasteiger partial charge in [0.2, 0.25) is 0 Å². The van der Waals surface area contributed by atoms with E-state index in [1.54, 1.807) is 14.2 Å². The molecule has 26 heavy (non-hydrogen) atoms. The second kappa shape index (κ2) is 7.81. The van der Waals surface area contributed by atoms with Crippen LogP contribution in [0.5, 0.6) is 11.5 Å². The van der Waals surface area contributed by atoms with Gasteiger partial charge in [0.25, 0.3) is 5.91 Å². The van der Waals surface area contributed by atoms with Crippen LogP contribution in [-0.4, -0.2) is 26.7 Å². The number of nitrogens with one attached hydrogen (secondary N) is 1. The maximum Gasteiger partial charge on any atom is 0.251 e. The lowest BCUT2D eigenvalue weighted by Gasteiger charge is -2.30. The number of amides is 1. The van der Waals surface area contributed by atoms with Crippen molar-refractivity contribution in [3.05, 3.63) is 59.2 Å². The van der Waals surface area contributed by atoms with Crippen molar-refractivity contribution in [1.82, 2.24) is 5.32 Å². The lowest BCUT2D eigenvalue weighted by Crippen LogP contribution is -2.39. The lowest BCUT2D eigenvalue weighted by molar-refractivity contribution is 0.0943. The molecule has 4 nitrogen and oxygen atoms in total. The second-order valence-electron chi connectivity index (χ2n) is 7.11. The number of hydrogen-bond donors (Lipinski definition) is 1. The minimum absolute atomic E-state index is 0.0169. The standard InChI is InChI=1S/C22H27NO3/c1-16-6-8-17(9-7-16)21(24)23-15-22(12-4-5-13-22)18-10-11-19(25-2)20(14-18)26-3/h6-11,14H,4-5,12-13,15H2,1-3H3,(H,23,24). The van der Waals surface area contributed by atoms with Gasteiger partial charge in [0.15, 0.2) is 11.5 Å². The van der Waals surface area contributed by atoms with E-state index in [1.165, 1.54) is 18.4 Å². The summed E-state index contributed by atoms with van der Waals surface area (Å²) in [5, 5.41) is 3.15. The van der Waals surface area contributed by atoms with E-state index in [0.29, 0.717) is 12.1 Å². The number of carbonyl (C=O) groups excluding carboxylic acids is 1. The molecule has 1 saturated carbocycles. The van der Waals surface area contributed by atoms with Crippen LogP contribution in [0.1, 0.15) is 47.2 Å². The van der Waals surface area contributed by atoms with E-state index in [-0.39, 0.29) is 11.3 Å².